The Balaban J connectivity index is 2.16. The fourth-order valence-corrected chi connectivity index (χ4v) is 1.84. The molecule has 0 saturated carbocycles. The van der Waals surface area contributed by atoms with Crippen molar-refractivity contribution >= 4 is 21.7 Å². The molecule has 0 saturated heterocycles. The minimum atomic E-state index is -0.187. The van der Waals surface area contributed by atoms with Crippen molar-refractivity contribution in [1.29, 1.82) is 0 Å². The molecule has 2 rings (SSSR count). The van der Waals surface area contributed by atoms with E-state index in [1.54, 1.807) is 0 Å². The van der Waals surface area contributed by atoms with Crippen LogP contribution in [0.5, 0.6) is 0 Å². The van der Waals surface area contributed by atoms with Crippen LogP contribution in [0, 0.1) is 0 Å². The maximum absolute atomic E-state index is 5.67. The highest BCUT2D eigenvalue weighted by molar-refractivity contribution is 9.10. The van der Waals surface area contributed by atoms with Crippen molar-refractivity contribution in [2.45, 2.75) is 19.4 Å². The zero-order valence-electron chi connectivity index (χ0n) is 11.0. The van der Waals surface area contributed by atoms with E-state index in [-0.39, 0.29) is 5.54 Å². The molecule has 0 atom stereocenters. The fourth-order valence-electron chi connectivity index (χ4n) is 1.57. The summed E-state index contributed by atoms with van der Waals surface area (Å²) >= 11 is 3.41. The predicted molar refractivity (Wildman–Crippen MR) is 81.9 cm³/mol. The molecule has 0 radical (unpaired) electrons. The standard InChI is InChI=1S/C14H17BrN4/c1-14(2,9-16)17-13-8-7-12(18-19-13)10-3-5-11(15)6-4-10/h3-8H,9,16H2,1-2H3,(H,17,19). The lowest BCUT2D eigenvalue weighted by Gasteiger charge is -2.24. The SMILES string of the molecule is CC(C)(CN)Nc1ccc(-c2ccc(Br)cc2)nn1. The molecule has 0 aliphatic carbocycles. The summed E-state index contributed by atoms with van der Waals surface area (Å²) in [4.78, 5) is 0. The molecule has 1 aromatic carbocycles. The third-order valence-electron chi connectivity index (χ3n) is 2.78. The van der Waals surface area contributed by atoms with Crippen molar-refractivity contribution in [3.63, 3.8) is 0 Å². The Morgan fingerprint density at radius 3 is 2.32 bits per heavy atom. The largest absolute Gasteiger partial charge is 0.362 e. The lowest BCUT2D eigenvalue weighted by molar-refractivity contribution is 0.576. The predicted octanol–water partition coefficient (Wildman–Crippen LogP) is 3.06. The van der Waals surface area contributed by atoms with Gasteiger partial charge in [0.2, 0.25) is 0 Å². The average molecular weight is 321 g/mol. The number of halogens is 1. The number of rotatable bonds is 4. The van der Waals surface area contributed by atoms with Crippen LogP contribution in [-0.2, 0) is 0 Å². The highest BCUT2D eigenvalue weighted by atomic mass is 79.9. The zero-order valence-corrected chi connectivity index (χ0v) is 12.6. The van der Waals surface area contributed by atoms with Crippen molar-refractivity contribution in [2.75, 3.05) is 11.9 Å². The number of benzene rings is 1. The molecule has 0 fully saturated rings. The number of nitrogens with zero attached hydrogens (tertiary/aromatic N) is 2. The fraction of sp³-hybridized carbons (Fsp3) is 0.286. The van der Waals surface area contributed by atoms with Crippen LogP contribution in [0.25, 0.3) is 11.3 Å². The second-order valence-corrected chi connectivity index (χ2v) is 5.94. The molecular weight excluding hydrogens is 304 g/mol. The first-order valence-electron chi connectivity index (χ1n) is 6.08. The highest BCUT2D eigenvalue weighted by Gasteiger charge is 2.15. The van der Waals surface area contributed by atoms with Gasteiger partial charge in [-0.1, -0.05) is 28.1 Å². The van der Waals surface area contributed by atoms with Gasteiger partial charge in [0.05, 0.1) is 5.69 Å². The van der Waals surface area contributed by atoms with Crippen LogP contribution >= 0.6 is 15.9 Å². The summed E-state index contributed by atoms with van der Waals surface area (Å²) < 4.78 is 1.05. The maximum Gasteiger partial charge on any atom is 0.149 e. The van der Waals surface area contributed by atoms with Crippen molar-refractivity contribution in [1.82, 2.24) is 10.2 Å². The van der Waals surface area contributed by atoms with Crippen molar-refractivity contribution in [2.24, 2.45) is 5.73 Å². The van der Waals surface area contributed by atoms with Crippen LogP contribution in [0.1, 0.15) is 13.8 Å². The molecule has 1 aromatic heterocycles. The van der Waals surface area contributed by atoms with Gasteiger partial charge in [0, 0.05) is 22.1 Å². The summed E-state index contributed by atoms with van der Waals surface area (Å²) in [5.74, 6) is 0.733. The van der Waals surface area contributed by atoms with Gasteiger partial charge in [-0.05, 0) is 38.1 Å². The smallest absolute Gasteiger partial charge is 0.149 e. The quantitative estimate of drug-likeness (QED) is 0.908. The molecule has 19 heavy (non-hydrogen) atoms. The summed E-state index contributed by atoms with van der Waals surface area (Å²) in [5, 5.41) is 11.7. The second kappa shape index (κ2) is 5.67. The summed E-state index contributed by atoms with van der Waals surface area (Å²) in [6.07, 6.45) is 0. The number of hydrogen-bond acceptors (Lipinski definition) is 4. The van der Waals surface area contributed by atoms with E-state index in [4.69, 9.17) is 5.73 Å². The highest BCUT2D eigenvalue weighted by Crippen LogP contribution is 2.20. The third kappa shape index (κ3) is 3.75. The van der Waals surface area contributed by atoms with Crippen molar-refractivity contribution in [3.05, 3.63) is 40.9 Å². The Kier molecular flexibility index (Phi) is 4.17. The minimum Gasteiger partial charge on any atom is -0.362 e. The number of nitrogens with one attached hydrogen (secondary N) is 1. The molecule has 1 heterocycles. The molecule has 5 heteroatoms. The molecule has 0 amide bonds. The molecular formula is C14H17BrN4. The van der Waals surface area contributed by atoms with E-state index >= 15 is 0 Å². The number of hydrogen-bond donors (Lipinski definition) is 2. The Bertz CT molecular complexity index is 534. The molecule has 3 N–H and O–H groups in total. The Labute approximate surface area is 121 Å². The van der Waals surface area contributed by atoms with Crippen LogP contribution in [0.15, 0.2) is 40.9 Å². The summed E-state index contributed by atoms with van der Waals surface area (Å²) in [6, 6.07) is 11.9. The van der Waals surface area contributed by atoms with Crippen molar-refractivity contribution in [3.8, 4) is 11.3 Å². The molecule has 100 valence electrons. The summed E-state index contributed by atoms with van der Waals surface area (Å²) in [7, 11) is 0. The summed E-state index contributed by atoms with van der Waals surface area (Å²) in [5.41, 5.74) is 7.38. The second-order valence-electron chi connectivity index (χ2n) is 5.02. The molecule has 4 nitrogen and oxygen atoms in total. The summed E-state index contributed by atoms with van der Waals surface area (Å²) in [6.45, 7) is 4.58. The van der Waals surface area contributed by atoms with Gasteiger partial charge in [0.15, 0.2) is 0 Å². The molecule has 0 aliphatic rings. The molecule has 0 bridgehead atoms. The number of nitrogens with two attached hydrogens (primary N) is 1. The van der Waals surface area contributed by atoms with Crippen LogP contribution in [0.2, 0.25) is 0 Å². The van der Waals surface area contributed by atoms with Crippen LogP contribution in [-0.4, -0.2) is 22.3 Å². The van der Waals surface area contributed by atoms with E-state index in [2.05, 4.69) is 31.4 Å². The normalized spacial score (nSPS) is 11.4. The maximum atomic E-state index is 5.67. The number of aromatic nitrogens is 2. The van der Waals surface area contributed by atoms with E-state index < -0.39 is 0 Å². The van der Waals surface area contributed by atoms with Crippen LogP contribution in [0.4, 0.5) is 5.82 Å². The van der Waals surface area contributed by atoms with Gasteiger partial charge in [0.1, 0.15) is 5.82 Å². The van der Waals surface area contributed by atoms with Crippen LogP contribution < -0.4 is 11.1 Å². The van der Waals surface area contributed by atoms with Crippen molar-refractivity contribution < 1.29 is 0 Å². The number of anilines is 1. The lowest BCUT2D eigenvalue weighted by atomic mass is 10.1. The first-order valence-corrected chi connectivity index (χ1v) is 6.87. The molecule has 0 aliphatic heterocycles. The van der Waals surface area contributed by atoms with Crippen LogP contribution in [0.3, 0.4) is 0 Å². The van der Waals surface area contributed by atoms with Gasteiger partial charge < -0.3 is 11.1 Å². The first-order chi connectivity index (χ1) is 9.00. The third-order valence-corrected chi connectivity index (χ3v) is 3.31. The van der Waals surface area contributed by atoms with Gasteiger partial charge in [-0.15, -0.1) is 10.2 Å². The molecule has 0 unspecified atom stereocenters. The van der Waals surface area contributed by atoms with E-state index in [9.17, 15) is 0 Å². The Hall–Kier alpha value is -1.46. The average Bonchev–Trinajstić information content (AvgIpc) is 2.40. The van der Waals surface area contributed by atoms with Gasteiger partial charge >= 0.3 is 0 Å². The van der Waals surface area contributed by atoms with Gasteiger partial charge in [-0.3, -0.25) is 0 Å². The van der Waals surface area contributed by atoms with E-state index in [0.717, 1.165) is 21.5 Å². The topological polar surface area (TPSA) is 63.8 Å². The Morgan fingerprint density at radius 2 is 1.79 bits per heavy atom. The zero-order chi connectivity index (χ0) is 13.9. The van der Waals surface area contributed by atoms with E-state index in [0.29, 0.717) is 6.54 Å². The monoisotopic (exact) mass is 320 g/mol. The minimum absolute atomic E-state index is 0.187. The molecule has 2 aromatic rings. The van der Waals surface area contributed by atoms with Gasteiger partial charge in [0.25, 0.3) is 0 Å². The lowest BCUT2D eigenvalue weighted by Crippen LogP contribution is -2.39. The molecule has 0 spiro atoms. The van der Waals surface area contributed by atoms with E-state index in [1.165, 1.54) is 0 Å². The van der Waals surface area contributed by atoms with E-state index in [1.807, 2.05) is 50.2 Å². The van der Waals surface area contributed by atoms with Gasteiger partial charge in [-0.25, -0.2) is 0 Å². The Morgan fingerprint density at radius 1 is 1.11 bits per heavy atom. The first kappa shape index (κ1) is 14.0. The van der Waals surface area contributed by atoms with Gasteiger partial charge in [-0.2, -0.15) is 0 Å².